The largest absolute Gasteiger partial charge is 0.299 e. The third-order valence-electron chi connectivity index (χ3n) is 5.19. The van der Waals surface area contributed by atoms with Gasteiger partial charge in [-0.25, -0.2) is 8.42 Å². The number of rotatable bonds is 4. The summed E-state index contributed by atoms with van der Waals surface area (Å²) in [5.74, 6) is 0. The molecule has 0 radical (unpaired) electrons. The Bertz CT molecular complexity index is 606. The summed E-state index contributed by atoms with van der Waals surface area (Å²) in [7, 11) is -3.10. The summed E-state index contributed by atoms with van der Waals surface area (Å²) < 4.78 is 23.1. The van der Waals surface area contributed by atoms with Gasteiger partial charge in [-0.1, -0.05) is 12.1 Å². The van der Waals surface area contributed by atoms with Gasteiger partial charge < -0.3 is 0 Å². The third-order valence-corrected chi connectivity index (χ3v) is 6.32. The first-order chi connectivity index (χ1) is 10.4. The molecule has 4 nitrogen and oxygen atoms in total. The molecule has 3 rings (SSSR count). The first-order valence-corrected chi connectivity index (χ1v) is 10.1. The van der Waals surface area contributed by atoms with Crippen molar-refractivity contribution >= 4 is 9.84 Å². The van der Waals surface area contributed by atoms with Crippen molar-refractivity contribution in [1.29, 1.82) is 0 Å². The molecule has 0 N–H and O–H groups in total. The second kappa shape index (κ2) is 6.30. The molecule has 2 heterocycles. The van der Waals surface area contributed by atoms with E-state index < -0.39 is 9.84 Å². The normalized spacial score (nSPS) is 25.6. The van der Waals surface area contributed by atoms with Gasteiger partial charge in [-0.3, -0.25) is 9.80 Å². The molecule has 2 aliphatic rings. The number of benzene rings is 1. The fourth-order valence-corrected chi connectivity index (χ4v) is 4.36. The van der Waals surface area contributed by atoms with Gasteiger partial charge in [0.1, 0.15) is 0 Å². The predicted octanol–water partition coefficient (Wildman–Crippen LogP) is 2.32. The topological polar surface area (TPSA) is 40.6 Å². The van der Waals surface area contributed by atoms with Gasteiger partial charge in [0.05, 0.1) is 4.90 Å². The Labute approximate surface area is 134 Å². The summed E-state index contributed by atoms with van der Waals surface area (Å²) in [6.45, 7) is 7.01. The molecule has 0 saturated carbocycles. The summed E-state index contributed by atoms with van der Waals surface area (Å²) in [6.07, 6.45) is 5.20. The molecule has 2 atom stereocenters. The quantitative estimate of drug-likeness (QED) is 0.853. The molecule has 0 spiro atoms. The zero-order valence-corrected chi connectivity index (χ0v) is 14.3. The minimum absolute atomic E-state index is 0.348. The molecule has 2 saturated heterocycles. The van der Waals surface area contributed by atoms with Crippen LogP contribution in [0.25, 0.3) is 0 Å². The van der Waals surface area contributed by atoms with Crippen molar-refractivity contribution in [3.8, 4) is 0 Å². The molecule has 0 bridgehead atoms. The standard InChI is InChI=1S/C17H26N2O2S/c1-14(15-5-7-17(8-6-15)22(2,20)21)19-12-9-16(13-19)18-10-3-4-11-18/h5-8,14,16H,3-4,9-13H2,1-2H3/t14-,16-/m1/s1. The summed E-state index contributed by atoms with van der Waals surface area (Å²) in [5, 5.41) is 0. The first-order valence-electron chi connectivity index (χ1n) is 8.23. The number of sulfone groups is 1. The van der Waals surface area contributed by atoms with Gasteiger partial charge >= 0.3 is 0 Å². The summed E-state index contributed by atoms with van der Waals surface area (Å²) >= 11 is 0. The van der Waals surface area contributed by atoms with Gasteiger partial charge in [-0.15, -0.1) is 0 Å². The van der Waals surface area contributed by atoms with Crippen LogP contribution in [0.2, 0.25) is 0 Å². The number of nitrogens with zero attached hydrogens (tertiary/aromatic N) is 2. The molecule has 0 unspecified atom stereocenters. The predicted molar refractivity (Wildman–Crippen MR) is 88.8 cm³/mol. The lowest BCUT2D eigenvalue weighted by molar-refractivity contribution is 0.208. The van der Waals surface area contributed by atoms with Gasteiger partial charge in [0, 0.05) is 31.4 Å². The van der Waals surface area contributed by atoms with Crippen LogP contribution in [0, 0.1) is 0 Å². The van der Waals surface area contributed by atoms with E-state index in [9.17, 15) is 8.42 Å². The minimum Gasteiger partial charge on any atom is -0.299 e. The molecule has 5 heteroatoms. The highest BCUT2D eigenvalue weighted by Crippen LogP contribution is 2.28. The SMILES string of the molecule is C[C@H](c1ccc(S(C)(=O)=O)cc1)N1CC[C@@H](N2CCCC2)C1. The lowest BCUT2D eigenvalue weighted by Gasteiger charge is -2.27. The van der Waals surface area contributed by atoms with Crippen LogP contribution >= 0.6 is 0 Å². The second-order valence-electron chi connectivity index (χ2n) is 6.70. The highest BCUT2D eigenvalue weighted by atomic mass is 32.2. The second-order valence-corrected chi connectivity index (χ2v) is 8.71. The Morgan fingerprint density at radius 3 is 2.32 bits per heavy atom. The lowest BCUT2D eigenvalue weighted by atomic mass is 10.1. The monoisotopic (exact) mass is 322 g/mol. The third kappa shape index (κ3) is 3.36. The van der Waals surface area contributed by atoms with Crippen LogP contribution in [0.4, 0.5) is 0 Å². The fourth-order valence-electron chi connectivity index (χ4n) is 3.73. The van der Waals surface area contributed by atoms with Crippen molar-refractivity contribution in [3.63, 3.8) is 0 Å². The average Bonchev–Trinajstić information content (AvgIpc) is 3.16. The smallest absolute Gasteiger partial charge is 0.175 e. The van der Waals surface area contributed by atoms with Crippen molar-refractivity contribution in [2.75, 3.05) is 32.4 Å². The average molecular weight is 322 g/mol. The molecule has 0 aliphatic carbocycles. The molecule has 1 aromatic carbocycles. The van der Waals surface area contributed by atoms with E-state index >= 15 is 0 Å². The lowest BCUT2D eigenvalue weighted by Crippen LogP contribution is -2.35. The van der Waals surface area contributed by atoms with Crippen molar-refractivity contribution in [3.05, 3.63) is 29.8 Å². The summed E-state index contributed by atoms with van der Waals surface area (Å²) in [4.78, 5) is 5.57. The first kappa shape index (κ1) is 16.0. The van der Waals surface area contributed by atoms with E-state index in [0.717, 1.165) is 13.1 Å². The van der Waals surface area contributed by atoms with Crippen molar-refractivity contribution in [1.82, 2.24) is 9.80 Å². The van der Waals surface area contributed by atoms with E-state index in [4.69, 9.17) is 0 Å². The van der Waals surface area contributed by atoms with Gasteiger partial charge in [0.25, 0.3) is 0 Å². The molecule has 122 valence electrons. The Kier molecular flexibility index (Phi) is 4.57. The molecular weight excluding hydrogens is 296 g/mol. The van der Waals surface area contributed by atoms with Crippen LogP contribution in [-0.2, 0) is 9.84 Å². The molecule has 2 aliphatic heterocycles. The van der Waals surface area contributed by atoms with Crippen molar-refractivity contribution < 1.29 is 8.42 Å². The molecule has 0 aromatic heterocycles. The maximum atomic E-state index is 11.5. The van der Waals surface area contributed by atoms with Gasteiger partial charge in [-0.2, -0.15) is 0 Å². The fraction of sp³-hybridized carbons (Fsp3) is 0.647. The van der Waals surface area contributed by atoms with E-state index in [0.29, 0.717) is 17.0 Å². The van der Waals surface area contributed by atoms with E-state index in [1.54, 1.807) is 12.1 Å². The van der Waals surface area contributed by atoms with Crippen LogP contribution < -0.4 is 0 Å². The highest BCUT2D eigenvalue weighted by molar-refractivity contribution is 7.90. The Morgan fingerprint density at radius 2 is 1.73 bits per heavy atom. The zero-order valence-electron chi connectivity index (χ0n) is 13.5. The molecule has 0 amide bonds. The molecule has 2 fully saturated rings. The number of likely N-dealkylation sites (tertiary alicyclic amines) is 2. The van der Waals surface area contributed by atoms with E-state index in [1.807, 2.05) is 12.1 Å². The Hall–Kier alpha value is -0.910. The van der Waals surface area contributed by atoms with E-state index in [1.165, 1.54) is 44.2 Å². The van der Waals surface area contributed by atoms with Crippen molar-refractivity contribution in [2.45, 2.75) is 43.2 Å². The molecule has 22 heavy (non-hydrogen) atoms. The molecular formula is C17H26N2O2S. The van der Waals surface area contributed by atoms with E-state index in [-0.39, 0.29) is 0 Å². The van der Waals surface area contributed by atoms with Crippen LogP contribution in [0.5, 0.6) is 0 Å². The zero-order chi connectivity index (χ0) is 15.7. The van der Waals surface area contributed by atoms with Crippen LogP contribution in [0.15, 0.2) is 29.2 Å². The van der Waals surface area contributed by atoms with E-state index in [2.05, 4.69) is 16.7 Å². The molecule has 1 aromatic rings. The summed E-state index contributed by atoms with van der Waals surface area (Å²) in [5.41, 5.74) is 1.20. The van der Waals surface area contributed by atoms with Crippen LogP contribution in [-0.4, -0.2) is 56.7 Å². The maximum absolute atomic E-state index is 11.5. The van der Waals surface area contributed by atoms with Gasteiger partial charge in [0.2, 0.25) is 0 Å². The Balaban J connectivity index is 1.65. The van der Waals surface area contributed by atoms with Crippen LogP contribution in [0.1, 0.15) is 37.8 Å². The Morgan fingerprint density at radius 1 is 1.09 bits per heavy atom. The number of hydrogen-bond donors (Lipinski definition) is 0. The van der Waals surface area contributed by atoms with Gasteiger partial charge in [-0.05, 0) is 57.0 Å². The van der Waals surface area contributed by atoms with Crippen LogP contribution in [0.3, 0.4) is 0 Å². The highest BCUT2D eigenvalue weighted by Gasteiger charge is 2.31. The summed E-state index contributed by atoms with van der Waals surface area (Å²) in [6, 6.07) is 8.44. The number of hydrogen-bond acceptors (Lipinski definition) is 4. The minimum atomic E-state index is -3.10. The van der Waals surface area contributed by atoms with Gasteiger partial charge in [0.15, 0.2) is 9.84 Å². The maximum Gasteiger partial charge on any atom is 0.175 e. The van der Waals surface area contributed by atoms with Crippen molar-refractivity contribution in [2.24, 2.45) is 0 Å².